The Morgan fingerprint density at radius 3 is 2.15 bits per heavy atom. The summed E-state index contributed by atoms with van der Waals surface area (Å²) in [6.07, 6.45) is 14.5. The van der Waals surface area contributed by atoms with E-state index in [0.717, 1.165) is 6.42 Å². The molecule has 0 aromatic rings. The van der Waals surface area contributed by atoms with Gasteiger partial charge in [-0.2, -0.15) is 0 Å². The summed E-state index contributed by atoms with van der Waals surface area (Å²) < 4.78 is 0. The maximum Gasteiger partial charge on any atom is 0.0465 e. The normalized spacial score (nSPS) is 11.2. The minimum atomic E-state index is 0.285. The van der Waals surface area contributed by atoms with Gasteiger partial charge in [0.05, 0.1) is 0 Å². The van der Waals surface area contributed by atoms with Crippen molar-refractivity contribution < 1.29 is 5.11 Å². The summed E-state index contributed by atoms with van der Waals surface area (Å²) in [6.45, 7) is 2.53. The SMILES string of the molecule is CCCCCCCCC=CCCO. The average molecular weight is 184 g/mol. The molecule has 0 bridgehead atoms. The molecule has 0 saturated carbocycles. The van der Waals surface area contributed by atoms with E-state index >= 15 is 0 Å². The van der Waals surface area contributed by atoms with Gasteiger partial charge in [0, 0.05) is 6.61 Å². The van der Waals surface area contributed by atoms with Crippen LogP contribution >= 0.6 is 0 Å². The lowest BCUT2D eigenvalue weighted by Crippen LogP contribution is -1.78. The Morgan fingerprint density at radius 2 is 1.46 bits per heavy atom. The second kappa shape index (κ2) is 11.7. The number of hydrogen-bond acceptors (Lipinski definition) is 1. The summed E-state index contributed by atoms with van der Waals surface area (Å²) in [5.74, 6) is 0. The van der Waals surface area contributed by atoms with Gasteiger partial charge in [0.15, 0.2) is 0 Å². The third-order valence-electron chi connectivity index (χ3n) is 2.19. The van der Waals surface area contributed by atoms with Crippen molar-refractivity contribution in [3.63, 3.8) is 0 Å². The molecule has 0 atom stereocenters. The van der Waals surface area contributed by atoms with E-state index < -0.39 is 0 Å². The van der Waals surface area contributed by atoms with Crippen molar-refractivity contribution in [2.24, 2.45) is 0 Å². The second-order valence-corrected chi connectivity index (χ2v) is 3.54. The van der Waals surface area contributed by atoms with Crippen LogP contribution in [0.25, 0.3) is 0 Å². The van der Waals surface area contributed by atoms with Crippen LogP contribution in [0.1, 0.15) is 58.3 Å². The van der Waals surface area contributed by atoms with E-state index in [4.69, 9.17) is 5.11 Å². The third-order valence-corrected chi connectivity index (χ3v) is 2.19. The van der Waals surface area contributed by atoms with Crippen LogP contribution < -0.4 is 0 Å². The van der Waals surface area contributed by atoms with Crippen molar-refractivity contribution in [1.29, 1.82) is 0 Å². The molecule has 1 N–H and O–H groups in total. The first-order chi connectivity index (χ1) is 6.41. The molecule has 0 heterocycles. The van der Waals surface area contributed by atoms with E-state index in [0.29, 0.717) is 0 Å². The van der Waals surface area contributed by atoms with Gasteiger partial charge >= 0.3 is 0 Å². The zero-order valence-electron chi connectivity index (χ0n) is 8.97. The molecule has 0 aromatic carbocycles. The molecule has 1 heteroatoms. The highest BCUT2D eigenvalue weighted by atomic mass is 16.2. The minimum Gasteiger partial charge on any atom is -0.396 e. The molecule has 0 radical (unpaired) electrons. The molecule has 0 aromatic heterocycles. The lowest BCUT2D eigenvalue weighted by molar-refractivity contribution is 0.302. The largest absolute Gasteiger partial charge is 0.396 e. The van der Waals surface area contributed by atoms with Crippen molar-refractivity contribution in [2.75, 3.05) is 6.61 Å². The first-order valence-electron chi connectivity index (χ1n) is 5.67. The van der Waals surface area contributed by atoms with Crippen LogP contribution in [0, 0.1) is 0 Å². The number of hydrogen-bond donors (Lipinski definition) is 1. The highest BCUT2D eigenvalue weighted by molar-refractivity contribution is 4.80. The van der Waals surface area contributed by atoms with Gasteiger partial charge in [-0.25, -0.2) is 0 Å². The molecule has 0 aliphatic rings. The van der Waals surface area contributed by atoms with Crippen LogP contribution in [0.5, 0.6) is 0 Å². The van der Waals surface area contributed by atoms with Gasteiger partial charge in [-0.1, -0.05) is 51.2 Å². The van der Waals surface area contributed by atoms with Crippen molar-refractivity contribution in [2.45, 2.75) is 58.3 Å². The number of unbranched alkanes of at least 4 members (excludes halogenated alkanes) is 6. The summed E-state index contributed by atoms with van der Waals surface area (Å²) in [4.78, 5) is 0. The maximum atomic E-state index is 8.51. The topological polar surface area (TPSA) is 20.2 Å². The molecular formula is C12H24O. The highest BCUT2D eigenvalue weighted by Crippen LogP contribution is 2.07. The van der Waals surface area contributed by atoms with Gasteiger partial charge in [0.2, 0.25) is 0 Å². The molecule has 13 heavy (non-hydrogen) atoms. The zero-order valence-corrected chi connectivity index (χ0v) is 8.97. The van der Waals surface area contributed by atoms with Crippen molar-refractivity contribution in [3.05, 3.63) is 12.2 Å². The van der Waals surface area contributed by atoms with Crippen LogP contribution in [0.15, 0.2) is 12.2 Å². The smallest absolute Gasteiger partial charge is 0.0465 e. The molecule has 78 valence electrons. The van der Waals surface area contributed by atoms with Gasteiger partial charge < -0.3 is 5.11 Å². The number of aliphatic hydroxyl groups is 1. The Hall–Kier alpha value is -0.300. The maximum absolute atomic E-state index is 8.51. The quantitative estimate of drug-likeness (QED) is 0.428. The van der Waals surface area contributed by atoms with Crippen molar-refractivity contribution >= 4 is 0 Å². The molecule has 0 fully saturated rings. The van der Waals surface area contributed by atoms with Gasteiger partial charge in [-0.05, 0) is 19.3 Å². The van der Waals surface area contributed by atoms with Crippen molar-refractivity contribution in [1.82, 2.24) is 0 Å². The van der Waals surface area contributed by atoms with E-state index in [2.05, 4.69) is 19.1 Å². The van der Waals surface area contributed by atoms with E-state index in [9.17, 15) is 0 Å². The number of aliphatic hydroxyl groups excluding tert-OH is 1. The van der Waals surface area contributed by atoms with Crippen molar-refractivity contribution in [3.8, 4) is 0 Å². The molecule has 0 rings (SSSR count). The molecule has 0 aliphatic heterocycles. The first-order valence-corrected chi connectivity index (χ1v) is 5.67. The van der Waals surface area contributed by atoms with E-state index in [-0.39, 0.29) is 6.61 Å². The average Bonchev–Trinajstić information content (AvgIpc) is 2.16. The van der Waals surface area contributed by atoms with Gasteiger partial charge in [0.25, 0.3) is 0 Å². The number of rotatable bonds is 9. The fourth-order valence-electron chi connectivity index (χ4n) is 1.35. The lowest BCUT2D eigenvalue weighted by atomic mass is 10.1. The summed E-state index contributed by atoms with van der Waals surface area (Å²) in [7, 11) is 0. The van der Waals surface area contributed by atoms with Crippen LogP contribution in [0.4, 0.5) is 0 Å². The standard InChI is InChI=1S/C12H24O/c1-2-3-4-5-6-7-8-9-10-11-12-13/h9-10,13H,2-8,11-12H2,1H3. The monoisotopic (exact) mass is 184 g/mol. The van der Waals surface area contributed by atoms with E-state index in [1.807, 2.05) is 0 Å². The van der Waals surface area contributed by atoms with Gasteiger partial charge in [0.1, 0.15) is 0 Å². The highest BCUT2D eigenvalue weighted by Gasteiger charge is 1.87. The zero-order chi connectivity index (χ0) is 9.78. The molecule has 0 amide bonds. The summed E-state index contributed by atoms with van der Waals surface area (Å²) in [6, 6.07) is 0. The Kier molecular flexibility index (Phi) is 11.4. The predicted octanol–water partition coefficient (Wildman–Crippen LogP) is 3.68. The summed E-state index contributed by atoms with van der Waals surface area (Å²) >= 11 is 0. The van der Waals surface area contributed by atoms with Crippen LogP contribution in [0.2, 0.25) is 0 Å². The summed E-state index contributed by atoms with van der Waals surface area (Å²) in [5, 5.41) is 8.51. The Labute approximate surface area is 82.9 Å². The third kappa shape index (κ3) is 11.7. The van der Waals surface area contributed by atoms with Crippen LogP contribution in [-0.4, -0.2) is 11.7 Å². The molecule has 0 spiro atoms. The second-order valence-electron chi connectivity index (χ2n) is 3.54. The van der Waals surface area contributed by atoms with E-state index in [1.54, 1.807) is 0 Å². The molecule has 0 aliphatic carbocycles. The molecular weight excluding hydrogens is 160 g/mol. The fourth-order valence-corrected chi connectivity index (χ4v) is 1.35. The molecule has 0 saturated heterocycles. The van der Waals surface area contributed by atoms with Gasteiger partial charge in [-0.15, -0.1) is 0 Å². The minimum absolute atomic E-state index is 0.285. The predicted molar refractivity (Wildman–Crippen MR) is 58.8 cm³/mol. The van der Waals surface area contributed by atoms with Gasteiger partial charge in [-0.3, -0.25) is 0 Å². The first kappa shape index (κ1) is 12.7. The fraction of sp³-hybridized carbons (Fsp3) is 0.833. The summed E-state index contributed by atoms with van der Waals surface area (Å²) in [5.41, 5.74) is 0. The van der Waals surface area contributed by atoms with Crippen LogP contribution in [-0.2, 0) is 0 Å². The molecule has 1 nitrogen and oxygen atoms in total. The van der Waals surface area contributed by atoms with E-state index in [1.165, 1.54) is 44.9 Å². The van der Waals surface area contributed by atoms with Crippen LogP contribution in [0.3, 0.4) is 0 Å². The lowest BCUT2D eigenvalue weighted by Gasteiger charge is -1.97. The molecule has 0 unspecified atom stereocenters. The number of allylic oxidation sites excluding steroid dienone is 1. The Balaban J connectivity index is 2.91. The Bertz CT molecular complexity index is 108. The Morgan fingerprint density at radius 1 is 0.846 bits per heavy atom.